The molecule has 0 unspecified atom stereocenters. The maximum Gasteiger partial charge on any atom is 0.306 e. The van der Waals surface area contributed by atoms with Crippen molar-refractivity contribution >= 4 is 5.97 Å². The van der Waals surface area contributed by atoms with E-state index >= 15 is 0 Å². The first-order valence-electron chi connectivity index (χ1n) is 7.68. The van der Waals surface area contributed by atoms with Gasteiger partial charge in [0.25, 0.3) is 0 Å². The topological polar surface area (TPSA) is 66.8 Å². The van der Waals surface area contributed by atoms with Crippen molar-refractivity contribution in [1.29, 1.82) is 0 Å². The second kappa shape index (κ2) is 22.0. The Labute approximate surface area is 137 Å². The zero-order valence-corrected chi connectivity index (χ0v) is 15.9. The minimum Gasteiger partial charge on any atom is -0.502 e. The van der Waals surface area contributed by atoms with Crippen LogP contribution in [0.25, 0.3) is 0 Å². The van der Waals surface area contributed by atoms with Crippen molar-refractivity contribution in [3.63, 3.8) is 0 Å². The average molecular weight is 318 g/mol. The summed E-state index contributed by atoms with van der Waals surface area (Å²) in [4.78, 5) is 10.5. The van der Waals surface area contributed by atoms with Crippen LogP contribution in [0.3, 0.4) is 0 Å². The van der Waals surface area contributed by atoms with Crippen LogP contribution in [0.2, 0.25) is 0 Å². The summed E-state index contributed by atoms with van der Waals surface area (Å²) in [6.07, 6.45) is 2.78. The highest BCUT2D eigenvalue weighted by molar-refractivity contribution is 5.69. The molecule has 0 aromatic heterocycles. The van der Waals surface area contributed by atoms with Crippen molar-refractivity contribution in [3.05, 3.63) is 24.5 Å². The van der Waals surface area contributed by atoms with Gasteiger partial charge in [-0.05, 0) is 25.7 Å². The van der Waals surface area contributed by atoms with Gasteiger partial charge >= 0.3 is 5.97 Å². The van der Waals surface area contributed by atoms with E-state index in [0.717, 1.165) is 24.9 Å². The molecule has 0 heterocycles. The standard InChI is InChI=1S/C10H18O2.C4H8O.C3H8.CH4O/c1-7(2)8(3)5-6-9(4)10(11)12;1-4(2)5-3;1-3-2;1-2/h7,9H,3,5-6H2,1-2,4H3,(H,11,12);1H2,2-3H3;3H2,1-2H3;2H,1H3/t9-;;;/m1.../s1. The lowest BCUT2D eigenvalue weighted by Crippen LogP contribution is -2.09. The third kappa shape index (κ3) is 31.2. The van der Waals surface area contributed by atoms with Crippen molar-refractivity contribution in [3.8, 4) is 0 Å². The van der Waals surface area contributed by atoms with Crippen LogP contribution in [0.15, 0.2) is 24.5 Å². The first kappa shape index (κ1) is 28.8. The summed E-state index contributed by atoms with van der Waals surface area (Å²) in [5.41, 5.74) is 1.14. The smallest absolute Gasteiger partial charge is 0.306 e. The van der Waals surface area contributed by atoms with Crippen LogP contribution in [0, 0.1) is 11.8 Å². The molecular weight excluding hydrogens is 280 g/mol. The number of ether oxygens (including phenoxy) is 1. The second-order valence-corrected chi connectivity index (χ2v) is 5.20. The minimum absolute atomic E-state index is 0.250. The Morgan fingerprint density at radius 2 is 1.45 bits per heavy atom. The van der Waals surface area contributed by atoms with Gasteiger partial charge in [-0.3, -0.25) is 4.79 Å². The lowest BCUT2D eigenvalue weighted by atomic mass is 9.96. The fourth-order valence-corrected chi connectivity index (χ4v) is 0.814. The van der Waals surface area contributed by atoms with Crippen molar-refractivity contribution in [2.45, 2.75) is 60.8 Å². The Morgan fingerprint density at radius 1 is 1.14 bits per heavy atom. The summed E-state index contributed by atoms with van der Waals surface area (Å²) < 4.78 is 4.56. The van der Waals surface area contributed by atoms with E-state index < -0.39 is 5.97 Å². The Bertz CT molecular complexity index is 270. The SMILES string of the molecule is C=C(C)OC.C=C(CC[C@@H](C)C(=O)O)C(C)C.CCC.CO. The summed E-state index contributed by atoms with van der Waals surface area (Å²) in [5, 5.41) is 15.6. The molecule has 0 amide bonds. The summed E-state index contributed by atoms with van der Waals surface area (Å²) in [6, 6.07) is 0. The third-order valence-corrected chi connectivity index (χ3v) is 2.48. The molecule has 0 radical (unpaired) electrons. The van der Waals surface area contributed by atoms with E-state index in [-0.39, 0.29) is 5.92 Å². The molecule has 0 saturated heterocycles. The van der Waals surface area contributed by atoms with E-state index in [4.69, 9.17) is 10.2 Å². The van der Waals surface area contributed by atoms with Crippen molar-refractivity contribution < 1.29 is 19.7 Å². The Kier molecular flexibility index (Phi) is 28.8. The molecule has 0 aliphatic carbocycles. The quantitative estimate of drug-likeness (QED) is 0.540. The number of carboxylic acid groups (broad SMARTS) is 1. The van der Waals surface area contributed by atoms with Crippen molar-refractivity contribution in [2.24, 2.45) is 11.8 Å². The number of hydrogen-bond acceptors (Lipinski definition) is 3. The molecule has 22 heavy (non-hydrogen) atoms. The van der Waals surface area contributed by atoms with Gasteiger partial charge in [-0.25, -0.2) is 0 Å². The largest absolute Gasteiger partial charge is 0.502 e. The number of hydrogen-bond donors (Lipinski definition) is 2. The number of allylic oxidation sites excluding steroid dienone is 2. The molecule has 0 aliphatic rings. The van der Waals surface area contributed by atoms with Crippen LogP contribution in [0.4, 0.5) is 0 Å². The number of carbonyl (C=O) groups is 1. The molecule has 2 N–H and O–H groups in total. The van der Waals surface area contributed by atoms with Gasteiger partial charge in [-0.2, -0.15) is 0 Å². The maximum absolute atomic E-state index is 10.5. The molecule has 0 rings (SSSR count). The fraction of sp³-hybridized carbons (Fsp3) is 0.722. The molecule has 4 heteroatoms. The van der Waals surface area contributed by atoms with Crippen LogP contribution < -0.4 is 0 Å². The predicted molar refractivity (Wildman–Crippen MR) is 95.9 cm³/mol. The molecule has 0 aromatic carbocycles. The van der Waals surface area contributed by atoms with Crippen LogP contribution >= 0.6 is 0 Å². The molecular formula is C18H38O4. The lowest BCUT2D eigenvalue weighted by Gasteiger charge is -2.10. The van der Waals surface area contributed by atoms with Crippen molar-refractivity contribution in [2.75, 3.05) is 14.2 Å². The number of aliphatic carboxylic acids is 1. The second-order valence-electron chi connectivity index (χ2n) is 5.20. The van der Waals surface area contributed by atoms with E-state index in [1.54, 1.807) is 21.0 Å². The number of methoxy groups -OCH3 is 1. The summed E-state index contributed by atoms with van der Waals surface area (Å²) in [6.45, 7) is 19.3. The van der Waals surface area contributed by atoms with E-state index in [1.165, 1.54) is 6.42 Å². The molecule has 4 nitrogen and oxygen atoms in total. The first-order chi connectivity index (χ1) is 10.1. The van der Waals surface area contributed by atoms with Crippen LogP contribution in [-0.2, 0) is 9.53 Å². The molecule has 0 saturated carbocycles. The highest BCUT2D eigenvalue weighted by Crippen LogP contribution is 2.16. The van der Waals surface area contributed by atoms with Gasteiger partial charge in [0.2, 0.25) is 0 Å². The van der Waals surface area contributed by atoms with Gasteiger partial charge in [0.1, 0.15) is 0 Å². The number of rotatable bonds is 6. The number of aliphatic hydroxyl groups is 1. The van der Waals surface area contributed by atoms with Crippen LogP contribution in [0.5, 0.6) is 0 Å². The summed E-state index contributed by atoms with van der Waals surface area (Å²) >= 11 is 0. The Balaban J connectivity index is -0.000000134. The fourth-order valence-electron chi connectivity index (χ4n) is 0.814. The predicted octanol–water partition coefficient (Wildman–Crippen LogP) is 4.89. The molecule has 134 valence electrons. The lowest BCUT2D eigenvalue weighted by molar-refractivity contribution is -0.141. The van der Waals surface area contributed by atoms with E-state index in [2.05, 4.69) is 45.6 Å². The maximum atomic E-state index is 10.5. The van der Waals surface area contributed by atoms with Gasteiger partial charge in [-0.1, -0.05) is 59.8 Å². The molecule has 1 atom stereocenters. The van der Waals surface area contributed by atoms with Gasteiger partial charge in [0.05, 0.1) is 18.8 Å². The van der Waals surface area contributed by atoms with Gasteiger partial charge in [0, 0.05) is 7.11 Å². The van der Waals surface area contributed by atoms with Gasteiger partial charge in [0.15, 0.2) is 0 Å². The molecule has 0 aromatic rings. The number of aliphatic hydroxyl groups excluding tert-OH is 1. The zero-order chi connectivity index (χ0) is 18.7. The molecule has 0 fully saturated rings. The highest BCUT2D eigenvalue weighted by Gasteiger charge is 2.11. The van der Waals surface area contributed by atoms with Crippen LogP contribution in [0.1, 0.15) is 60.8 Å². The van der Waals surface area contributed by atoms with Gasteiger partial charge < -0.3 is 14.9 Å². The number of carboxylic acids is 1. The molecule has 0 spiro atoms. The minimum atomic E-state index is -0.716. The van der Waals surface area contributed by atoms with Gasteiger partial charge in [-0.15, -0.1) is 0 Å². The average Bonchev–Trinajstić information content (AvgIpc) is 2.47. The van der Waals surface area contributed by atoms with E-state index in [1.807, 2.05) is 0 Å². The first-order valence-corrected chi connectivity index (χ1v) is 7.68. The Hall–Kier alpha value is -1.29. The molecule has 0 bridgehead atoms. The van der Waals surface area contributed by atoms with Crippen LogP contribution in [-0.4, -0.2) is 30.4 Å². The Morgan fingerprint density at radius 3 is 1.64 bits per heavy atom. The monoisotopic (exact) mass is 318 g/mol. The zero-order valence-electron chi connectivity index (χ0n) is 15.9. The molecule has 0 aliphatic heterocycles. The highest BCUT2D eigenvalue weighted by atomic mass is 16.5. The normalized spacial score (nSPS) is 9.73. The van der Waals surface area contributed by atoms with E-state index in [9.17, 15) is 4.79 Å². The summed E-state index contributed by atoms with van der Waals surface area (Å²) in [5.74, 6) is 0.253. The van der Waals surface area contributed by atoms with E-state index in [0.29, 0.717) is 12.3 Å². The third-order valence-electron chi connectivity index (χ3n) is 2.48. The summed E-state index contributed by atoms with van der Waals surface area (Å²) in [7, 11) is 2.60. The van der Waals surface area contributed by atoms with Crippen molar-refractivity contribution in [1.82, 2.24) is 0 Å².